The van der Waals surface area contributed by atoms with Gasteiger partial charge in [-0.15, -0.1) is 10.2 Å². The van der Waals surface area contributed by atoms with Gasteiger partial charge in [0.2, 0.25) is 5.91 Å². The van der Waals surface area contributed by atoms with Crippen LogP contribution in [0.3, 0.4) is 0 Å². The Hall–Kier alpha value is -3.68. The number of aliphatic hydroxyl groups is 1. The molecule has 2 heterocycles. The van der Waals surface area contributed by atoms with E-state index in [0.717, 1.165) is 5.56 Å². The summed E-state index contributed by atoms with van der Waals surface area (Å²) < 4.78 is 38.9. The van der Waals surface area contributed by atoms with Gasteiger partial charge in [0.15, 0.2) is 11.5 Å². The fourth-order valence-corrected chi connectivity index (χ4v) is 3.21. The molecule has 11 nitrogen and oxygen atoms in total. The van der Waals surface area contributed by atoms with Crippen molar-refractivity contribution in [1.82, 2.24) is 25.2 Å². The standard InChI is InChI=1S/C24H30F2N6O5.CH4/c1-23(2,27)21(34)29-18(13-36-11-16-7-4-3-5-8-16)20-31-30-19-10-6-9-17(32(19)20)12-37-22(35)28-14-24(25,26)15-33;/h3-10,18,33H,11-15,27H2,1-2H3,(H,28,35)(H,29,34);1H4/t18-;/m1./s1. The Kier molecular flexibility index (Phi) is 10.6. The number of halogens is 2. The number of ether oxygens (including phenoxy) is 2. The SMILES string of the molecule is C.CC(C)(N)C(=O)N[C@H](COCc1ccccc1)c1nnc2cccc(COC(=O)NCC(F)(F)CO)n12. The van der Waals surface area contributed by atoms with E-state index in [0.29, 0.717) is 17.2 Å². The summed E-state index contributed by atoms with van der Waals surface area (Å²) in [5.41, 5.74) is 6.53. The van der Waals surface area contributed by atoms with E-state index in [-0.39, 0.29) is 27.2 Å². The molecule has 13 heteroatoms. The molecule has 1 atom stereocenters. The lowest BCUT2D eigenvalue weighted by Gasteiger charge is -2.24. The lowest BCUT2D eigenvalue weighted by molar-refractivity contribution is -0.126. The van der Waals surface area contributed by atoms with Crippen LogP contribution in [0.1, 0.15) is 44.4 Å². The lowest BCUT2D eigenvalue weighted by Crippen LogP contribution is -2.51. The number of carbonyl (C=O) groups excluding carboxylic acids is 2. The smallest absolute Gasteiger partial charge is 0.407 e. The Balaban J connectivity index is 0.00000507. The number of nitrogens with one attached hydrogen (secondary N) is 2. The maximum atomic E-state index is 13.2. The van der Waals surface area contributed by atoms with Crippen molar-refractivity contribution in [2.75, 3.05) is 19.8 Å². The number of amides is 2. The van der Waals surface area contributed by atoms with Gasteiger partial charge in [-0.1, -0.05) is 43.8 Å². The summed E-state index contributed by atoms with van der Waals surface area (Å²) in [5, 5.41) is 21.7. The number of nitrogens with two attached hydrogens (primary N) is 1. The number of fused-ring (bicyclic) bond motifs is 1. The maximum Gasteiger partial charge on any atom is 0.407 e. The zero-order chi connectivity index (χ0) is 27.1. The van der Waals surface area contributed by atoms with E-state index in [1.54, 1.807) is 36.4 Å². The van der Waals surface area contributed by atoms with Crippen LogP contribution in [0.25, 0.3) is 5.65 Å². The van der Waals surface area contributed by atoms with Crippen LogP contribution in [-0.2, 0) is 27.5 Å². The van der Waals surface area contributed by atoms with Gasteiger partial charge in [-0.3, -0.25) is 9.20 Å². The summed E-state index contributed by atoms with van der Waals surface area (Å²) in [6.45, 7) is 0.636. The minimum atomic E-state index is -3.47. The molecule has 1 aromatic carbocycles. The summed E-state index contributed by atoms with van der Waals surface area (Å²) in [5.74, 6) is -3.62. The first-order valence-electron chi connectivity index (χ1n) is 11.4. The topological polar surface area (TPSA) is 153 Å². The van der Waals surface area contributed by atoms with Gasteiger partial charge in [0.25, 0.3) is 5.92 Å². The van der Waals surface area contributed by atoms with E-state index >= 15 is 0 Å². The third-order valence-electron chi connectivity index (χ3n) is 5.21. The van der Waals surface area contributed by atoms with Crippen molar-refractivity contribution in [3.05, 3.63) is 65.6 Å². The number of nitrogens with zero attached hydrogens (tertiary/aromatic N) is 3. The molecule has 5 N–H and O–H groups in total. The predicted molar refractivity (Wildman–Crippen MR) is 135 cm³/mol. The van der Waals surface area contributed by atoms with Crippen LogP contribution >= 0.6 is 0 Å². The Morgan fingerprint density at radius 1 is 1.11 bits per heavy atom. The maximum absolute atomic E-state index is 13.2. The van der Waals surface area contributed by atoms with Crippen LogP contribution in [0.4, 0.5) is 13.6 Å². The number of hydrogen-bond acceptors (Lipinski definition) is 8. The number of benzene rings is 1. The lowest BCUT2D eigenvalue weighted by atomic mass is 10.1. The van der Waals surface area contributed by atoms with Gasteiger partial charge in [0, 0.05) is 0 Å². The molecule has 0 bridgehead atoms. The van der Waals surface area contributed by atoms with Crippen molar-refractivity contribution in [2.24, 2.45) is 5.73 Å². The quantitative estimate of drug-likeness (QED) is 0.275. The second kappa shape index (κ2) is 13.2. The number of aromatic nitrogens is 3. The van der Waals surface area contributed by atoms with Gasteiger partial charge < -0.3 is 30.9 Å². The number of pyridine rings is 1. The highest BCUT2D eigenvalue weighted by atomic mass is 19.3. The zero-order valence-corrected chi connectivity index (χ0v) is 20.5. The summed E-state index contributed by atoms with van der Waals surface area (Å²) in [6.07, 6.45) is -1.10. The molecule has 0 aliphatic heterocycles. The van der Waals surface area contributed by atoms with Gasteiger partial charge in [0.1, 0.15) is 19.3 Å². The average Bonchev–Trinajstić information content (AvgIpc) is 3.30. The fourth-order valence-electron chi connectivity index (χ4n) is 3.21. The van der Waals surface area contributed by atoms with E-state index in [1.165, 1.54) is 0 Å². The van der Waals surface area contributed by atoms with Crippen molar-refractivity contribution in [1.29, 1.82) is 0 Å². The van der Waals surface area contributed by atoms with Crippen molar-refractivity contribution in [3.8, 4) is 0 Å². The van der Waals surface area contributed by atoms with Crippen LogP contribution in [-0.4, -0.2) is 62.9 Å². The van der Waals surface area contributed by atoms with Gasteiger partial charge >= 0.3 is 6.09 Å². The van der Waals surface area contributed by atoms with Crippen LogP contribution in [0.15, 0.2) is 48.5 Å². The molecule has 2 aromatic heterocycles. The molecule has 0 fully saturated rings. The summed E-state index contributed by atoms with van der Waals surface area (Å²) in [7, 11) is 0. The second-order valence-corrected chi connectivity index (χ2v) is 8.96. The highest BCUT2D eigenvalue weighted by molar-refractivity contribution is 5.85. The van der Waals surface area contributed by atoms with E-state index in [9.17, 15) is 18.4 Å². The van der Waals surface area contributed by atoms with Gasteiger partial charge in [-0.2, -0.15) is 0 Å². The van der Waals surface area contributed by atoms with E-state index in [1.807, 2.05) is 35.6 Å². The zero-order valence-electron chi connectivity index (χ0n) is 20.5. The molecule has 0 radical (unpaired) electrons. The molecule has 0 spiro atoms. The number of alkyl halides is 2. The molecule has 0 saturated heterocycles. The normalized spacial score (nSPS) is 12.5. The second-order valence-electron chi connectivity index (χ2n) is 8.96. The van der Waals surface area contributed by atoms with Crippen molar-refractivity contribution < 1.29 is 33.0 Å². The number of carbonyl (C=O) groups is 2. The molecule has 0 unspecified atom stereocenters. The number of hydrogen-bond donors (Lipinski definition) is 4. The molecule has 2 amide bonds. The first-order chi connectivity index (χ1) is 17.5. The summed E-state index contributed by atoms with van der Waals surface area (Å²) in [6, 6.07) is 13.6. The predicted octanol–water partition coefficient (Wildman–Crippen LogP) is 2.33. The van der Waals surface area contributed by atoms with Gasteiger partial charge in [-0.25, -0.2) is 13.6 Å². The van der Waals surface area contributed by atoms with Crippen molar-refractivity contribution >= 4 is 17.6 Å². The highest BCUT2D eigenvalue weighted by Gasteiger charge is 2.30. The Bertz CT molecular complexity index is 1200. The first kappa shape index (κ1) is 30.5. The van der Waals surface area contributed by atoms with Crippen LogP contribution in [0, 0.1) is 0 Å². The Labute approximate surface area is 219 Å². The molecule has 208 valence electrons. The third-order valence-corrected chi connectivity index (χ3v) is 5.21. The van der Waals surface area contributed by atoms with Crippen LogP contribution < -0.4 is 16.4 Å². The van der Waals surface area contributed by atoms with Crippen LogP contribution in [0.5, 0.6) is 0 Å². The monoisotopic (exact) mass is 536 g/mol. The molecule has 38 heavy (non-hydrogen) atoms. The highest BCUT2D eigenvalue weighted by Crippen LogP contribution is 2.19. The van der Waals surface area contributed by atoms with E-state index in [2.05, 4.69) is 15.5 Å². The summed E-state index contributed by atoms with van der Waals surface area (Å²) >= 11 is 0. The number of aliphatic hydroxyl groups excluding tert-OH is 1. The van der Waals surface area contributed by atoms with Crippen molar-refractivity contribution in [2.45, 2.75) is 52.0 Å². The minimum absolute atomic E-state index is 0. The first-order valence-corrected chi connectivity index (χ1v) is 11.4. The van der Waals surface area contributed by atoms with Crippen LogP contribution in [0.2, 0.25) is 0 Å². The van der Waals surface area contributed by atoms with Gasteiger partial charge in [0.05, 0.1) is 31.0 Å². The minimum Gasteiger partial charge on any atom is -0.443 e. The molecule has 0 saturated carbocycles. The fraction of sp³-hybridized carbons (Fsp3) is 0.440. The van der Waals surface area contributed by atoms with E-state index in [4.69, 9.17) is 20.3 Å². The Morgan fingerprint density at radius 3 is 2.47 bits per heavy atom. The average molecular weight is 537 g/mol. The largest absolute Gasteiger partial charge is 0.443 e. The molecule has 0 aliphatic carbocycles. The number of alkyl carbamates (subject to hydrolysis) is 1. The Morgan fingerprint density at radius 2 is 1.82 bits per heavy atom. The third kappa shape index (κ3) is 8.43. The molecular formula is C25H34F2N6O5. The van der Waals surface area contributed by atoms with Gasteiger partial charge in [-0.05, 0) is 31.5 Å². The van der Waals surface area contributed by atoms with E-state index < -0.39 is 42.7 Å². The van der Waals surface area contributed by atoms with Crippen molar-refractivity contribution in [3.63, 3.8) is 0 Å². The molecular weight excluding hydrogens is 502 g/mol. The number of rotatable bonds is 12. The molecule has 3 aromatic rings. The summed E-state index contributed by atoms with van der Waals surface area (Å²) in [4.78, 5) is 24.6. The molecule has 3 rings (SSSR count). The molecule has 0 aliphatic rings.